The Balaban J connectivity index is 1.62. The highest BCUT2D eigenvalue weighted by Crippen LogP contribution is 2.49. The van der Waals surface area contributed by atoms with Crippen molar-refractivity contribution in [2.24, 2.45) is 11.3 Å². The van der Waals surface area contributed by atoms with Crippen LogP contribution >= 0.6 is 0 Å². The van der Waals surface area contributed by atoms with Gasteiger partial charge in [-0.15, -0.1) is 5.10 Å². The van der Waals surface area contributed by atoms with E-state index in [4.69, 9.17) is 0 Å². The first-order chi connectivity index (χ1) is 13.0. The number of tetrazole rings is 1. The maximum Gasteiger partial charge on any atom is 0.311 e. The molecule has 8 heteroatoms. The molecular formula is C19H23N5O3. The Kier molecular flexibility index (Phi) is 4.41. The predicted octanol–water partition coefficient (Wildman–Crippen LogP) is 1.48. The molecule has 1 aliphatic carbocycles. The second-order valence-electron chi connectivity index (χ2n) is 7.65. The second kappa shape index (κ2) is 6.75. The van der Waals surface area contributed by atoms with Gasteiger partial charge in [0.2, 0.25) is 5.91 Å². The van der Waals surface area contributed by atoms with Crippen molar-refractivity contribution >= 4 is 11.9 Å². The maximum absolute atomic E-state index is 13.4. The number of fused-ring (bicyclic) bond motifs is 1. The lowest BCUT2D eigenvalue weighted by atomic mass is 9.81. The number of likely N-dealkylation sites (tertiary alicyclic amines) is 1. The van der Waals surface area contributed by atoms with Gasteiger partial charge < -0.3 is 10.0 Å². The third-order valence-corrected chi connectivity index (χ3v) is 6.12. The number of aromatic nitrogens is 4. The van der Waals surface area contributed by atoms with Gasteiger partial charge in [-0.05, 0) is 41.7 Å². The molecule has 4 rings (SSSR count). The molecule has 0 bridgehead atoms. The number of hydrogen-bond acceptors (Lipinski definition) is 5. The summed E-state index contributed by atoms with van der Waals surface area (Å²) in [5.74, 6) is -0.286. The number of carboxylic acid groups (broad SMARTS) is 1. The molecular weight excluding hydrogens is 346 g/mol. The zero-order valence-corrected chi connectivity index (χ0v) is 15.3. The lowest BCUT2D eigenvalue weighted by Gasteiger charge is -2.26. The Morgan fingerprint density at radius 1 is 1.33 bits per heavy atom. The van der Waals surface area contributed by atoms with E-state index in [1.807, 2.05) is 30.3 Å². The number of carbonyl (C=O) groups is 2. The minimum Gasteiger partial charge on any atom is -0.481 e. The van der Waals surface area contributed by atoms with Crippen LogP contribution in [0, 0.1) is 18.3 Å². The number of carbonyl (C=O) groups excluding carboxylic acids is 1. The summed E-state index contributed by atoms with van der Waals surface area (Å²) in [4.78, 5) is 27.1. The zero-order chi connectivity index (χ0) is 19.0. The van der Waals surface area contributed by atoms with Crippen molar-refractivity contribution in [3.8, 4) is 0 Å². The van der Waals surface area contributed by atoms with Gasteiger partial charge in [0.25, 0.3) is 0 Å². The van der Waals surface area contributed by atoms with E-state index in [1.54, 1.807) is 16.5 Å². The molecule has 2 heterocycles. The fraction of sp³-hybridized carbons (Fsp3) is 0.526. The molecule has 1 aromatic heterocycles. The molecule has 142 valence electrons. The van der Waals surface area contributed by atoms with Crippen molar-refractivity contribution in [1.82, 2.24) is 25.1 Å². The van der Waals surface area contributed by atoms with E-state index in [2.05, 4.69) is 15.5 Å². The van der Waals surface area contributed by atoms with Gasteiger partial charge >= 0.3 is 5.97 Å². The van der Waals surface area contributed by atoms with Gasteiger partial charge in [0.05, 0.1) is 5.41 Å². The molecule has 3 atom stereocenters. The summed E-state index contributed by atoms with van der Waals surface area (Å²) in [7, 11) is 0. The minimum atomic E-state index is -0.789. The van der Waals surface area contributed by atoms with E-state index in [1.165, 1.54) is 0 Å². The van der Waals surface area contributed by atoms with E-state index >= 15 is 0 Å². The molecule has 0 radical (unpaired) electrons. The maximum atomic E-state index is 13.4. The smallest absolute Gasteiger partial charge is 0.311 e. The highest BCUT2D eigenvalue weighted by Gasteiger charge is 2.56. The molecule has 2 fully saturated rings. The van der Waals surface area contributed by atoms with Gasteiger partial charge in [-0.25, -0.2) is 4.68 Å². The first kappa shape index (κ1) is 17.6. The summed E-state index contributed by atoms with van der Waals surface area (Å²) in [5.41, 5.74) is 0.223. The van der Waals surface area contributed by atoms with Gasteiger partial charge in [0.1, 0.15) is 11.9 Å². The minimum absolute atomic E-state index is 0.0336. The number of benzene rings is 1. The summed E-state index contributed by atoms with van der Waals surface area (Å²) in [6.07, 6.45) is 2.89. The van der Waals surface area contributed by atoms with E-state index in [0.29, 0.717) is 25.2 Å². The van der Waals surface area contributed by atoms with Crippen molar-refractivity contribution in [2.45, 2.75) is 38.6 Å². The fourth-order valence-corrected chi connectivity index (χ4v) is 4.66. The average molecular weight is 369 g/mol. The zero-order valence-electron chi connectivity index (χ0n) is 15.3. The van der Waals surface area contributed by atoms with Crippen LogP contribution in [0.5, 0.6) is 0 Å². The van der Waals surface area contributed by atoms with Crippen LogP contribution in [0.15, 0.2) is 30.3 Å². The lowest BCUT2D eigenvalue weighted by molar-refractivity contribution is -0.149. The monoisotopic (exact) mass is 369 g/mol. The molecule has 0 spiro atoms. The van der Waals surface area contributed by atoms with E-state index < -0.39 is 17.4 Å². The third-order valence-electron chi connectivity index (χ3n) is 6.12. The van der Waals surface area contributed by atoms with Gasteiger partial charge in [0.15, 0.2) is 0 Å². The number of amides is 1. The molecule has 1 aliphatic heterocycles. The molecule has 1 saturated carbocycles. The molecule has 2 aliphatic rings. The molecule has 1 aromatic carbocycles. The molecule has 8 nitrogen and oxygen atoms in total. The quantitative estimate of drug-likeness (QED) is 0.857. The van der Waals surface area contributed by atoms with Crippen molar-refractivity contribution in [3.63, 3.8) is 0 Å². The van der Waals surface area contributed by atoms with Crippen LogP contribution < -0.4 is 0 Å². The topological polar surface area (TPSA) is 101 Å². The molecule has 1 saturated heterocycles. The van der Waals surface area contributed by atoms with Crippen molar-refractivity contribution < 1.29 is 14.7 Å². The highest BCUT2D eigenvalue weighted by molar-refractivity contribution is 5.84. The Bertz CT molecular complexity index is 852. The number of aliphatic carboxylic acids is 1. The van der Waals surface area contributed by atoms with Crippen molar-refractivity contribution in [3.05, 3.63) is 41.7 Å². The summed E-state index contributed by atoms with van der Waals surface area (Å²) in [6, 6.07) is 9.16. The van der Waals surface area contributed by atoms with Gasteiger partial charge in [0, 0.05) is 19.5 Å². The van der Waals surface area contributed by atoms with Crippen LogP contribution in [0.3, 0.4) is 0 Å². The average Bonchev–Trinajstić information content (AvgIpc) is 3.34. The summed E-state index contributed by atoms with van der Waals surface area (Å²) in [5, 5.41) is 21.4. The van der Waals surface area contributed by atoms with E-state index in [9.17, 15) is 14.7 Å². The third kappa shape index (κ3) is 2.98. The van der Waals surface area contributed by atoms with E-state index in [0.717, 1.165) is 18.4 Å². The number of carboxylic acids is 1. The van der Waals surface area contributed by atoms with Gasteiger partial charge in [-0.2, -0.15) is 0 Å². The van der Waals surface area contributed by atoms with Crippen LogP contribution in [0.1, 0.15) is 36.7 Å². The Morgan fingerprint density at radius 2 is 2.11 bits per heavy atom. The SMILES string of the molecule is Cc1nnnn1C(Cc1ccccc1)C(=O)N1C[C@@H]2CCC[C@@]2(C(=O)O)C1. The summed E-state index contributed by atoms with van der Waals surface area (Å²) < 4.78 is 1.55. The van der Waals surface area contributed by atoms with Crippen LogP contribution in [-0.4, -0.2) is 55.2 Å². The molecule has 2 aromatic rings. The molecule has 1 amide bonds. The van der Waals surface area contributed by atoms with Gasteiger partial charge in [-0.3, -0.25) is 9.59 Å². The first-order valence-corrected chi connectivity index (χ1v) is 9.32. The van der Waals surface area contributed by atoms with Crippen LogP contribution in [0.25, 0.3) is 0 Å². The number of rotatable bonds is 5. The van der Waals surface area contributed by atoms with Gasteiger partial charge in [-0.1, -0.05) is 36.8 Å². The Labute approximate surface area is 157 Å². The number of nitrogens with zero attached hydrogens (tertiary/aromatic N) is 5. The first-order valence-electron chi connectivity index (χ1n) is 9.32. The second-order valence-corrected chi connectivity index (χ2v) is 7.65. The number of hydrogen-bond donors (Lipinski definition) is 1. The van der Waals surface area contributed by atoms with Crippen LogP contribution in [0.4, 0.5) is 0 Å². The number of aryl methyl sites for hydroxylation is 1. The predicted molar refractivity (Wildman–Crippen MR) is 95.7 cm³/mol. The van der Waals surface area contributed by atoms with Crippen molar-refractivity contribution in [2.75, 3.05) is 13.1 Å². The van der Waals surface area contributed by atoms with Crippen molar-refractivity contribution in [1.29, 1.82) is 0 Å². The highest BCUT2D eigenvalue weighted by atomic mass is 16.4. The largest absolute Gasteiger partial charge is 0.481 e. The standard InChI is InChI=1S/C19H23N5O3/c1-13-20-21-22-24(13)16(10-14-6-3-2-4-7-14)17(25)23-11-15-8-5-9-19(15,12-23)18(26)27/h2-4,6-7,15-16H,5,8-12H2,1H3,(H,26,27)/t15-,16?,19+/m0/s1. The summed E-state index contributed by atoms with van der Waals surface area (Å²) in [6.45, 7) is 2.54. The molecule has 1 N–H and O–H groups in total. The molecule has 27 heavy (non-hydrogen) atoms. The lowest BCUT2D eigenvalue weighted by Crippen LogP contribution is -2.41. The Hall–Kier alpha value is -2.77. The van der Waals surface area contributed by atoms with E-state index in [-0.39, 0.29) is 18.4 Å². The fourth-order valence-electron chi connectivity index (χ4n) is 4.66. The summed E-state index contributed by atoms with van der Waals surface area (Å²) >= 11 is 0. The molecule has 1 unspecified atom stereocenters. The Morgan fingerprint density at radius 3 is 2.74 bits per heavy atom. The normalized spacial score (nSPS) is 25.4. The van der Waals surface area contributed by atoms with Crippen LogP contribution in [0.2, 0.25) is 0 Å². The van der Waals surface area contributed by atoms with Crippen LogP contribution in [-0.2, 0) is 16.0 Å².